The van der Waals surface area contributed by atoms with Crippen molar-refractivity contribution in [2.24, 2.45) is 0 Å². The highest BCUT2D eigenvalue weighted by atomic mass is 16.5. The van der Waals surface area contributed by atoms with Crippen molar-refractivity contribution in [1.82, 2.24) is 15.0 Å². The van der Waals surface area contributed by atoms with Gasteiger partial charge in [0, 0.05) is 38.1 Å². The zero-order valence-electron chi connectivity index (χ0n) is 14.3. The number of carbonyl (C=O) groups excluding carboxylic acids is 1. The fraction of sp³-hybridized carbons (Fsp3) is 0.765. The Labute approximate surface area is 137 Å². The number of rotatable bonds is 3. The third-order valence-corrected chi connectivity index (χ3v) is 5.14. The summed E-state index contributed by atoms with van der Waals surface area (Å²) < 4.78 is 5.34. The number of aliphatic hydroxyl groups is 1. The van der Waals surface area contributed by atoms with Crippen molar-refractivity contribution in [3.05, 3.63) is 17.0 Å². The van der Waals surface area contributed by atoms with Gasteiger partial charge in [-0.05, 0) is 26.2 Å². The molecule has 1 aliphatic carbocycles. The van der Waals surface area contributed by atoms with Gasteiger partial charge in [-0.15, -0.1) is 0 Å². The van der Waals surface area contributed by atoms with Crippen LogP contribution in [0.5, 0.6) is 0 Å². The third-order valence-electron chi connectivity index (χ3n) is 5.14. The molecule has 0 bridgehead atoms. The second-order valence-electron chi connectivity index (χ2n) is 7.06. The predicted molar refractivity (Wildman–Crippen MR) is 86.5 cm³/mol. The van der Waals surface area contributed by atoms with Crippen LogP contribution in [-0.4, -0.2) is 64.3 Å². The van der Waals surface area contributed by atoms with Crippen LogP contribution in [0.25, 0.3) is 0 Å². The SMILES string of the molecule is Cc1noc(C(C)C)c1C(=O)N1CCN([C@H]2CCC[C@@H]2O)CC1. The molecule has 128 valence electrons. The zero-order chi connectivity index (χ0) is 16.6. The number of aliphatic hydroxyl groups excluding tert-OH is 1. The van der Waals surface area contributed by atoms with E-state index in [1.54, 1.807) is 0 Å². The number of hydrogen-bond donors (Lipinski definition) is 1. The lowest BCUT2D eigenvalue weighted by Crippen LogP contribution is -2.53. The Balaban J connectivity index is 1.66. The summed E-state index contributed by atoms with van der Waals surface area (Å²) in [6.45, 7) is 8.90. The van der Waals surface area contributed by atoms with Crippen LogP contribution in [0, 0.1) is 6.92 Å². The fourth-order valence-electron chi connectivity index (χ4n) is 3.80. The molecule has 0 aromatic carbocycles. The molecule has 2 heterocycles. The molecule has 1 saturated carbocycles. The minimum Gasteiger partial charge on any atom is -0.391 e. The van der Waals surface area contributed by atoms with E-state index in [0.717, 1.165) is 32.4 Å². The average Bonchev–Trinajstić information content (AvgIpc) is 3.12. The zero-order valence-corrected chi connectivity index (χ0v) is 14.3. The molecule has 2 atom stereocenters. The average molecular weight is 321 g/mol. The molecule has 0 spiro atoms. The lowest BCUT2D eigenvalue weighted by molar-refractivity contribution is 0.0314. The van der Waals surface area contributed by atoms with Gasteiger partial charge in [0.2, 0.25) is 0 Å². The lowest BCUT2D eigenvalue weighted by Gasteiger charge is -2.39. The Morgan fingerprint density at radius 1 is 1.26 bits per heavy atom. The monoisotopic (exact) mass is 321 g/mol. The topological polar surface area (TPSA) is 69.8 Å². The van der Waals surface area contributed by atoms with Gasteiger partial charge in [0.25, 0.3) is 5.91 Å². The highest BCUT2D eigenvalue weighted by Gasteiger charge is 2.34. The van der Waals surface area contributed by atoms with Gasteiger partial charge in [0.05, 0.1) is 11.8 Å². The van der Waals surface area contributed by atoms with Crippen LogP contribution in [0.3, 0.4) is 0 Å². The number of nitrogens with zero attached hydrogens (tertiary/aromatic N) is 3. The van der Waals surface area contributed by atoms with Gasteiger partial charge >= 0.3 is 0 Å². The van der Waals surface area contributed by atoms with Crippen molar-refractivity contribution < 1.29 is 14.4 Å². The van der Waals surface area contributed by atoms with E-state index >= 15 is 0 Å². The second kappa shape index (κ2) is 6.61. The number of amides is 1. The van der Waals surface area contributed by atoms with E-state index < -0.39 is 0 Å². The first-order valence-corrected chi connectivity index (χ1v) is 8.66. The molecule has 6 nitrogen and oxygen atoms in total. The maximum absolute atomic E-state index is 12.9. The van der Waals surface area contributed by atoms with E-state index in [-0.39, 0.29) is 24.0 Å². The Hall–Kier alpha value is -1.40. The molecule has 1 aromatic rings. The van der Waals surface area contributed by atoms with E-state index in [4.69, 9.17) is 4.52 Å². The first-order chi connectivity index (χ1) is 11.0. The Bertz CT molecular complexity index is 561. The van der Waals surface area contributed by atoms with Crippen LogP contribution in [-0.2, 0) is 0 Å². The van der Waals surface area contributed by atoms with Gasteiger partial charge in [-0.3, -0.25) is 9.69 Å². The summed E-state index contributed by atoms with van der Waals surface area (Å²) in [7, 11) is 0. The summed E-state index contributed by atoms with van der Waals surface area (Å²) in [4.78, 5) is 17.1. The largest absolute Gasteiger partial charge is 0.391 e. The van der Waals surface area contributed by atoms with Crippen molar-refractivity contribution in [1.29, 1.82) is 0 Å². The molecule has 1 aromatic heterocycles. The van der Waals surface area contributed by atoms with Gasteiger partial charge in [-0.25, -0.2) is 0 Å². The molecule has 0 unspecified atom stereocenters. The molecular formula is C17H27N3O3. The van der Waals surface area contributed by atoms with Crippen LogP contribution < -0.4 is 0 Å². The molecular weight excluding hydrogens is 294 g/mol. The molecule has 1 amide bonds. The van der Waals surface area contributed by atoms with Crippen LogP contribution in [0.2, 0.25) is 0 Å². The Morgan fingerprint density at radius 2 is 1.96 bits per heavy atom. The maximum Gasteiger partial charge on any atom is 0.259 e. The third kappa shape index (κ3) is 3.15. The fourth-order valence-corrected chi connectivity index (χ4v) is 3.80. The number of aromatic nitrogens is 1. The molecule has 1 aliphatic heterocycles. The highest BCUT2D eigenvalue weighted by Crippen LogP contribution is 2.27. The molecule has 2 fully saturated rings. The molecule has 0 radical (unpaired) electrons. The number of carbonyl (C=O) groups is 1. The van der Waals surface area contributed by atoms with Crippen molar-refractivity contribution in [2.75, 3.05) is 26.2 Å². The normalized spacial score (nSPS) is 26.2. The Morgan fingerprint density at radius 3 is 2.52 bits per heavy atom. The minimum atomic E-state index is -0.204. The first kappa shape index (κ1) is 16.5. The van der Waals surface area contributed by atoms with E-state index in [9.17, 15) is 9.90 Å². The van der Waals surface area contributed by atoms with Gasteiger partial charge in [-0.2, -0.15) is 0 Å². The summed E-state index contributed by atoms with van der Waals surface area (Å²) >= 11 is 0. The molecule has 1 N–H and O–H groups in total. The van der Waals surface area contributed by atoms with Crippen molar-refractivity contribution in [3.63, 3.8) is 0 Å². The molecule has 23 heavy (non-hydrogen) atoms. The Kier molecular flexibility index (Phi) is 4.73. The summed E-state index contributed by atoms with van der Waals surface area (Å²) in [5.74, 6) is 0.852. The van der Waals surface area contributed by atoms with Crippen LogP contribution in [0.1, 0.15) is 60.8 Å². The van der Waals surface area contributed by atoms with Gasteiger partial charge in [0.15, 0.2) is 5.76 Å². The van der Waals surface area contributed by atoms with Crippen LogP contribution >= 0.6 is 0 Å². The van der Waals surface area contributed by atoms with E-state index in [1.165, 1.54) is 0 Å². The minimum absolute atomic E-state index is 0.0269. The molecule has 3 rings (SSSR count). The van der Waals surface area contributed by atoms with Crippen LogP contribution in [0.15, 0.2) is 4.52 Å². The predicted octanol–water partition coefficient (Wildman–Crippen LogP) is 1.78. The summed E-state index contributed by atoms with van der Waals surface area (Å²) in [5.41, 5.74) is 1.31. The lowest BCUT2D eigenvalue weighted by atomic mass is 10.0. The summed E-state index contributed by atoms with van der Waals surface area (Å²) in [6, 6.07) is 0.274. The standard InChI is InChI=1S/C17H27N3O3/c1-11(2)16-15(12(3)18-23-16)17(22)20-9-7-19(8-10-20)13-5-4-6-14(13)21/h11,13-14,21H,4-10H2,1-3H3/t13-,14-/m0/s1. The maximum atomic E-state index is 12.9. The van der Waals surface area contributed by atoms with Crippen LogP contribution in [0.4, 0.5) is 0 Å². The van der Waals surface area contributed by atoms with Gasteiger partial charge < -0.3 is 14.5 Å². The van der Waals surface area contributed by atoms with Gasteiger partial charge in [-0.1, -0.05) is 19.0 Å². The quantitative estimate of drug-likeness (QED) is 0.919. The molecule has 2 aliphatic rings. The summed E-state index contributed by atoms with van der Waals surface area (Å²) in [5, 5.41) is 14.0. The van der Waals surface area contributed by atoms with E-state index in [2.05, 4.69) is 10.1 Å². The second-order valence-corrected chi connectivity index (χ2v) is 7.06. The molecule has 6 heteroatoms. The number of aryl methyl sites for hydroxylation is 1. The van der Waals surface area contributed by atoms with E-state index in [0.29, 0.717) is 30.1 Å². The number of piperazine rings is 1. The first-order valence-electron chi connectivity index (χ1n) is 8.66. The van der Waals surface area contributed by atoms with E-state index in [1.807, 2.05) is 25.7 Å². The molecule has 1 saturated heterocycles. The van der Waals surface area contributed by atoms with Crippen molar-refractivity contribution >= 4 is 5.91 Å². The summed E-state index contributed by atoms with van der Waals surface area (Å²) in [6.07, 6.45) is 2.87. The number of hydrogen-bond acceptors (Lipinski definition) is 5. The van der Waals surface area contributed by atoms with Crippen molar-refractivity contribution in [3.8, 4) is 0 Å². The smallest absolute Gasteiger partial charge is 0.259 e. The van der Waals surface area contributed by atoms with Crippen molar-refractivity contribution in [2.45, 2.75) is 58.1 Å². The van der Waals surface area contributed by atoms with Gasteiger partial charge in [0.1, 0.15) is 5.56 Å². The highest BCUT2D eigenvalue weighted by molar-refractivity contribution is 5.96.